The van der Waals surface area contributed by atoms with E-state index in [1.807, 2.05) is 12.5 Å². The Hall–Kier alpha value is 1.12. The van der Waals surface area contributed by atoms with E-state index in [0.717, 1.165) is 42.7 Å². The summed E-state index contributed by atoms with van der Waals surface area (Å²) >= 11 is 7.04. The molecule has 0 spiro atoms. The van der Waals surface area contributed by atoms with Crippen molar-refractivity contribution in [2.45, 2.75) is 0 Å². The lowest BCUT2D eigenvalue weighted by Crippen LogP contribution is -1.65. The largest absolute Gasteiger partial charge is 0.400 e. The third-order valence-electron chi connectivity index (χ3n) is 0.796. The average Bonchev–Trinajstić information content (AvgIpc) is 2.60. The van der Waals surface area contributed by atoms with E-state index in [0.29, 0.717) is 5.75 Å². The van der Waals surface area contributed by atoms with Crippen LogP contribution in [-0.2, 0) is 7.26 Å². The first kappa shape index (κ1) is 36.1. The molecule has 0 saturated heterocycles. The average molecular weight is 459 g/mol. The lowest BCUT2D eigenvalue weighted by molar-refractivity contribution is 0.399. The van der Waals surface area contributed by atoms with Crippen LogP contribution in [0.15, 0.2) is 38.0 Å². The van der Waals surface area contributed by atoms with Gasteiger partial charge in [0.15, 0.2) is 0 Å². The van der Waals surface area contributed by atoms with Crippen LogP contribution in [0.1, 0.15) is 0 Å². The van der Waals surface area contributed by atoms with Gasteiger partial charge in [0.1, 0.15) is 0 Å². The van der Waals surface area contributed by atoms with Gasteiger partial charge in [0, 0.05) is 91.3 Å². The molecule has 0 atom stereocenters. The van der Waals surface area contributed by atoms with Crippen molar-refractivity contribution in [1.29, 1.82) is 0 Å². The van der Waals surface area contributed by atoms with Gasteiger partial charge in [-0.05, 0) is 24.1 Å². The molecular weight excluding hydrogens is 429 g/mol. The summed E-state index contributed by atoms with van der Waals surface area (Å²) in [5, 5.41) is 7.00. The molecule has 148 valence electrons. The third kappa shape index (κ3) is 91.5. The molecule has 0 aromatic rings. The molecule has 0 rings (SSSR count). The maximum atomic E-state index is 7.91. The quantitative estimate of drug-likeness (QED) is 0.204. The van der Waals surface area contributed by atoms with E-state index in [4.69, 9.17) is 21.5 Å². The van der Waals surface area contributed by atoms with Crippen LogP contribution in [0.4, 0.5) is 0 Å². The van der Waals surface area contributed by atoms with Crippen molar-refractivity contribution in [2.24, 2.45) is 0 Å². The molecule has 0 aliphatic carbocycles. The normalized spacial score (nSPS) is 7.62. The highest BCUT2D eigenvalue weighted by Crippen LogP contribution is 2.10. The highest BCUT2D eigenvalue weighted by molar-refractivity contribution is 8.07. The number of rotatable bonds is 10. The van der Waals surface area contributed by atoms with Crippen molar-refractivity contribution in [3.05, 3.63) is 38.0 Å². The summed E-state index contributed by atoms with van der Waals surface area (Å²) in [4.78, 5) is 0. The summed E-state index contributed by atoms with van der Waals surface area (Å²) in [6, 6.07) is 0. The zero-order valence-corrected chi connectivity index (χ0v) is 19.5. The van der Waals surface area contributed by atoms with Gasteiger partial charge in [-0.1, -0.05) is 18.2 Å². The number of hydrogen-bond acceptors (Lipinski definition) is 11. The minimum Gasteiger partial charge on any atom is -0.400 e. The monoisotopic (exact) mass is 458 g/mol. The van der Waals surface area contributed by atoms with Gasteiger partial charge in [0.2, 0.25) is 0 Å². The van der Waals surface area contributed by atoms with Crippen LogP contribution in [0.25, 0.3) is 0 Å². The third-order valence-corrected chi connectivity index (χ3v) is 3.78. The molecule has 0 aliphatic rings. The molecule has 24 heavy (non-hydrogen) atoms. The molecule has 0 heterocycles. The van der Waals surface area contributed by atoms with Crippen LogP contribution in [0, 0.1) is 0 Å². The van der Waals surface area contributed by atoms with Crippen molar-refractivity contribution in [1.82, 2.24) is 0 Å². The van der Waals surface area contributed by atoms with E-state index in [1.165, 1.54) is 48.2 Å². The van der Waals surface area contributed by atoms with E-state index in [1.54, 1.807) is 24.5 Å². The highest BCUT2D eigenvalue weighted by atomic mass is 32.2. The molecule has 0 aromatic carbocycles. The summed E-state index contributed by atoms with van der Waals surface area (Å²) in [6.45, 7) is 10.4. The fourth-order valence-corrected chi connectivity index (χ4v) is 1.81. The molecule has 0 bridgehead atoms. The van der Waals surface area contributed by atoms with Crippen molar-refractivity contribution >= 4 is 72.3 Å². The Balaban J connectivity index is -0.0000000669. The van der Waals surface area contributed by atoms with Gasteiger partial charge in [-0.2, -0.15) is 0 Å². The lowest BCUT2D eigenvalue weighted by atomic mass is 10.8. The smallest absolute Gasteiger partial charge is 0.0388 e. The van der Waals surface area contributed by atoms with Crippen molar-refractivity contribution in [3.8, 4) is 0 Å². The Bertz CT molecular complexity index is 188. The van der Waals surface area contributed by atoms with Crippen LogP contribution >= 0.6 is 72.3 Å². The molecule has 0 aromatic heterocycles. The van der Waals surface area contributed by atoms with Crippen LogP contribution < -0.4 is 0 Å². The summed E-state index contributed by atoms with van der Waals surface area (Å²) in [6.07, 6.45) is 10.6. The minimum absolute atomic E-state index is 0.625. The molecule has 0 radical (unpaired) electrons. The van der Waals surface area contributed by atoms with Crippen LogP contribution in [0.3, 0.4) is 0 Å². The first-order valence-corrected chi connectivity index (χ1v) is 12.3. The van der Waals surface area contributed by atoms with Gasteiger partial charge in [0.25, 0.3) is 0 Å². The van der Waals surface area contributed by atoms with Gasteiger partial charge < -0.3 is 14.2 Å². The van der Waals surface area contributed by atoms with Gasteiger partial charge in [-0.15, -0.1) is 19.7 Å². The fourth-order valence-electron chi connectivity index (χ4n) is 0.301. The zero-order valence-electron chi connectivity index (χ0n) is 14.6. The van der Waals surface area contributed by atoms with Crippen molar-refractivity contribution in [3.63, 3.8) is 0 Å². The van der Waals surface area contributed by atoms with Gasteiger partial charge in [-0.3, -0.25) is 0 Å². The summed E-state index contributed by atoms with van der Waals surface area (Å²) in [7, 11) is 1.00. The molecule has 0 saturated carbocycles. The van der Waals surface area contributed by atoms with Crippen LogP contribution in [-0.4, -0.2) is 57.3 Å². The molecule has 3 N–H and O–H groups in total. The minimum atomic E-state index is 0.625. The summed E-state index contributed by atoms with van der Waals surface area (Å²) in [5.74, 6) is 2.35. The van der Waals surface area contributed by atoms with E-state index in [-0.39, 0.29) is 0 Å². The molecule has 5 nitrogen and oxygen atoms in total. The number of aliphatic hydroxyl groups excluding tert-OH is 1. The molecule has 11 heteroatoms. The molecule has 0 aliphatic heterocycles. The first-order valence-electron chi connectivity index (χ1n) is 6.02. The number of hydrogen-bond donors (Lipinski definition) is 3. The molecular formula is C13H30O5S6. The van der Waals surface area contributed by atoms with Crippen LogP contribution in [0.2, 0.25) is 0 Å². The van der Waals surface area contributed by atoms with E-state index < -0.39 is 0 Å². The first-order chi connectivity index (χ1) is 11.7. The predicted octanol–water partition coefficient (Wildman–Crippen LogP) is 6.04. The Labute approximate surface area is 174 Å². The summed E-state index contributed by atoms with van der Waals surface area (Å²) in [5.41, 5.74) is 0. The highest BCUT2D eigenvalue weighted by Gasteiger charge is 1.78. The standard InChI is InChI=1S/2C4H8OS2.C3H6OS.CH4OS.CH4O/c2*1-3-4-7-5-6-2;1-2-3-5-4;1-3-2;1-2/h2*3H,1,4H2,2H3;2,4H,1,3H2;2H,1H3;2H,1H3. The van der Waals surface area contributed by atoms with E-state index in [2.05, 4.69) is 19.7 Å². The predicted molar refractivity (Wildman–Crippen MR) is 124 cm³/mol. The van der Waals surface area contributed by atoms with Gasteiger partial charge >= 0.3 is 0 Å². The van der Waals surface area contributed by atoms with Crippen molar-refractivity contribution in [2.75, 3.05) is 43.1 Å². The van der Waals surface area contributed by atoms with Crippen LogP contribution in [0.5, 0.6) is 0 Å². The van der Waals surface area contributed by atoms with Crippen molar-refractivity contribution < 1.29 is 21.5 Å². The fraction of sp³-hybridized carbons (Fsp3) is 0.538. The van der Waals surface area contributed by atoms with Gasteiger partial charge in [-0.25, -0.2) is 7.26 Å². The topological polar surface area (TPSA) is 79.2 Å². The SMILES string of the molecule is C=CCSO.C=CCSOSC.C=CCSOSC.CO.CSO. The number of aliphatic hydroxyl groups is 1. The van der Waals surface area contributed by atoms with Gasteiger partial charge in [0.05, 0.1) is 0 Å². The molecule has 0 fully saturated rings. The second-order valence-corrected chi connectivity index (χ2v) is 6.23. The second kappa shape index (κ2) is 56.4. The maximum Gasteiger partial charge on any atom is 0.0388 e. The van der Waals surface area contributed by atoms with E-state index in [9.17, 15) is 0 Å². The molecule has 0 unspecified atom stereocenters. The Morgan fingerprint density at radius 1 is 0.750 bits per heavy atom. The molecule has 0 amide bonds. The zero-order chi connectivity index (χ0) is 19.9. The Morgan fingerprint density at radius 3 is 1.17 bits per heavy atom. The Morgan fingerprint density at radius 2 is 1.04 bits per heavy atom. The maximum absolute atomic E-state index is 7.91. The van der Waals surface area contributed by atoms with E-state index >= 15 is 0 Å². The lowest BCUT2D eigenvalue weighted by Gasteiger charge is -1.88. The second-order valence-electron chi connectivity index (χ2n) is 2.38. The Kier molecular flexibility index (Phi) is 84.8. The summed E-state index contributed by atoms with van der Waals surface area (Å²) < 4.78 is 25.1.